The van der Waals surface area contributed by atoms with Gasteiger partial charge in [-0.3, -0.25) is 14.9 Å². The van der Waals surface area contributed by atoms with Crippen LogP contribution in [0.1, 0.15) is 27.3 Å². The Morgan fingerprint density at radius 3 is 2.68 bits per heavy atom. The number of aryl methyl sites for hydroxylation is 2. The van der Waals surface area contributed by atoms with Crippen LogP contribution in [0.4, 0.5) is 11.4 Å². The summed E-state index contributed by atoms with van der Waals surface area (Å²) in [7, 11) is 0. The summed E-state index contributed by atoms with van der Waals surface area (Å²) in [5.41, 5.74) is 10.6. The van der Waals surface area contributed by atoms with E-state index < -0.39 is 10.8 Å². The van der Waals surface area contributed by atoms with Gasteiger partial charge in [0, 0.05) is 34.8 Å². The third kappa shape index (κ3) is 3.48. The van der Waals surface area contributed by atoms with Gasteiger partial charge in [-0.05, 0) is 26.0 Å². The van der Waals surface area contributed by atoms with Crippen molar-refractivity contribution in [1.29, 1.82) is 0 Å². The van der Waals surface area contributed by atoms with Crippen molar-refractivity contribution in [3.8, 4) is 0 Å². The third-order valence-corrected chi connectivity index (χ3v) is 2.97. The number of carbonyl (C=O) groups is 1. The highest BCUT2D eigenvalue weighted by molar-refractivity contribution is 5.96. The number of nitrogens with two attached hydrogens (primary N) is 1. The molecule has 2 aromatic rings. The number of non-ortho nitro benzene ring substituents is 1. The van der Waals surface area contributed by atoms with Crippen LogP contribution >= 0.6 is 0 Å². The van der Waals surface area contributed by atoms with Gasteiger partial charge in [-0.2, -0.15) is 5.10 Å². The zero-order valence-electron chi connectivity index (χ0n) is 12.1. The van der Waals surface area contributed by atoms with Crippen molar-refractivity contribution < 1.29 is 9.72 Å². The van der Waals surface area contributed by atoms with Crippen LogP contribution in [0, 0.1) is 24.0 Å². The molecule has 22 heavy (non-hydrogen) atoms. The lowest BCUT2D eigenvalue weighted by molar-refractivity contribution is -0.384. The van der Waals surface area contributed by atoms with E-state index in [-0.39, 0.29) is 16.9 Å². The van der Waals surface area contributed by atoms with Crippen molar-refractivity contribution in [2.45, 2.75) is 13.8 Å². The normalized spacial score (nSPS) is 10.8. The van der Waals surface area contributed by atoms with Crippen LogP contribution in [0.5, 0.6) is 0 Å². The first-order chi connectivity index (χ1) is 10.4. The van der Waals surface area contributed by atoms with E-state index in [2.05, 4.69) is 15.5 Å². The summed E-state index contributed by atoms with van der Waals surface area (Å²) in [4.78, 5) is 25.2. The first-order valence-corrected chi connectivity index (χ1v) is 6.41. The average molecular weight is 301 g/mol. The van der Waals surface area contributed by atoms with Crippen molar-refractivity contribution in [2.75, 3.05) is 5.73 Å². The molecule has 1 amide bonds. The van der Waals surface area contributed by atoms with Gasteiger partial charge in [-0.25, -0.2) is 5.43 Å². The topological polar surface area (TPSA) is 126 Å². The van der Waals surface area contributed by atoms with Crippen molar-refractivity contribution in [2.24, 2.45) is 5.10 Å². The van der Waals surface area contributed by atoms with E-state index in [0.29, 0.717) is 0 Å². The lowest BCUT2D eigenvalue weighted by atomic mass is 10.1. The number of nitrogen functional groups attached to an aromatic ring is 1. The summed E-state index contributed by atoms with van der Waals surface area (Å²) >= 11 is 0. The number of aromatic nitrogens is 1. The summed E-state index contributed by atoms with van der Waals surface area (Å²) in [6.07, 6.45) is 1.50. The zero-order valence-corrected chi connectivity index (χ0v) is 12.1. The third-order valence-electron chi connectivity index (χ3n) is 2.97. The van der Waals surface area contributed by atoms with E-state index in [1.165, 1.54) is 18.3 Å². The van der Waals surface area contributed by atoms with Gasteiger partial charge < -0.3 is 10.7 Å². The zero-order chi connectivity index (χ0) is 16.3. The van der Waals surface area contributed by atoms with Gasteiger partial charge in [-0.15, -0.1) is 0 Å². The number of nitro groups is 1. The molecule has 4 N–H and O–H groups in total. The molecule has 2 rings (SSSR count). The summed E-state index contributed by atoms with van der Waals surface area (Å²) in [6.45, 7) is 3.80. The summed E-state index contributed by atoms with van der Waals surface area (Å²) in [5.74, 6) is -0.573. The summed E-state index contributed by atoms with van der Waals surface area (Å²) in [5, 5.41) is 14.6. The van der Waals surface area contributed by atoms with Crippen molar-refractivity contribution >= 4 is 23.5 Å². The van der Waals surface area contributed by atoms with E-state index in [9.17, 15) is 14.9 Å². The second kappa shape index (κ2) is 6.08. The average Bonchev–Trinajstić information content (AvgIpc) is 2.76. The predicted molar refractivity (Wildman–Crippen MR) is 82.8 cm³/mol. The molecule has 0 bridgehead atoms. The fourth-order valence-electron chi connectivity index (χ4n) is 1.98. The van der Waals surface area contributed by atoms with E-state index in [0.717, 1.165) is 23.0 Å². The molecule has 1 aromatic carbocycles. The molecule has 8 heteroatoms. The number of aromatic amines is 1. The maximum Gasteiger partial charge on any atom is 0.272 e. The minimum atomic E-state index is -0.609. The molecule has 0 aliphatic heterocycles. The van der Waals surface area contributed by atoms with Gasteiger partial charge in [0.1, 0.15) is 0 Å². The Labute approximate surface area is 126 Å². The van der Waals surface area contributed by atoms with E-state index in [1.807, 2.05) is 19.9 Å². The highest BCUT2D eigenvalue weighted by Crippen LogP contribution is 2.18. The number of benzene rings is 1. The largest absolute Gasteiger partial charge is 0.399 e. The van der Waals surface area contributed by atoms with Gasteiger partial charge in [0.25, 0.3) is 11.6 Å². The number of hydrazone groups is 1. The van der Waals surface area contributed by atoms with Gasteiger partial charge in [0.2, 0.25) is 0 Å². The fourth-order valence-corrected chi connectivity index (χ4v) is 1.98. The molecule has 1 heterocycles. The van der Waals surface area contributed by atoms with Gasteiger partial charge in [0.05, 0.1) is 16.7 Å². The monoisotopic (exact) mass is 301 g/mol. The SMILES string of the molecule is Cc1cc(/C=N/NC(=O)c2cc(N)cc([N+](=O)[O-])c2)c(C)[nH]1. The molecule has 0 fully saturated rings. The number of anilines is 1. The number of hydrogen-bond acceptors (Lipinski definition) is 5. The molecular weight excluding hydrogens is 286 g/mol. The van der Waals surface area contributed by atoms with Crippen molar-refractivity contribution in [3.63, 3.8) is 0 Å². The highest BCUT2D eigenvalue weighted by Gasteiger charge is 2.13. The van der Waals surface area contributed by atoms with Crippen LogP contribution in [0.15, 0.2) is 29.4 Å². The maximum atomic E-state index is 11.9. The van der Waals surface area contributed by atoms with Crippen LogP contribution in [0.2, 0.25) is 0 Å². The first kappa shape index (κ1) is 15.2. The Bertz CT molecular complexity index is 764. The van der Waals surface area contributed by atoms with Gasteiger partial charge in [0.15, 0.2) is 0 Å². The summed E-state index contributed by atoms with van der Waals surface area (Å²) < 4.78 is 0. The van der Waals surface area contributed by atoms with Crippen LogP contribution in [0.25, 0.3) is 0 Å². The van der Waals surface area contributed by atoms with Crippen LogP contribution in [-0.4, -0.2) is 22.0 Å². The molecule has 1 aromatic heterocycles. The standard InChI is InChI=1S/C14H15N5O3/c1-8-3-11(9(2)17-8)7-16-18-14(20)10-4-12(15)6-13(5-10)19(21)22/h3-7,17H,15H2,1-2H3,(H,18,20)/b16-7+. The van der Waals surface area contributed by atoms with Crippen LogP contribution < -0.4 is 11.2 Å². The van der Waals surface area contributed by atoms with Crippen molar-refractivity contribution in [1.82, 2.24) is 10.4 Å². The molecule has 0 radical (unpaired) electrons. The molecule has 0 unspecified atom stereocenters. The molecule has 114 valence electrons. The number of H-pyrrole nitrogens is 1. The minimum Gasteiger partial charge on any atom is -0.399 e. The molecule has 0 aliphatic rings. The molecule has 0 atom stereocenters. The lowest BCUT2D eigenvalue weighted by Crippen LogP contribution is -2.18. The molecule has 0 spiro atoms. The number of carbonyl (C=O) groups excluding carboxylic acids is 1. The molecule has 0 aliphatic carbocycles. The van der Waals surface area contributed by atoms with E-state index in [1.54, 1.807) is 0 Å². The summed E-state index contributed by atoms with van der Waals surface area (Å²) in [6, 6.07) is 5.57. The van der Waals surface area contributed by atoms with Crippen LogP contribution in [0.3, 0.4) is 0 Å². The highest BCUT2D eigenvalue weighted by atomic mass is 16.6. The number of hydrogen-bond donors (Lipinski definition) is 3. The molecule has 8 nitrogen and oxygen atoms in total. The smallest absolute Gasteiger partial charge is 0.272 e. The number of nitro benzene ring substituents is 1. The van der Waals surface area contributed by atoms with Crippen molar-refractivity contribution in [3.05, 3.63) is 56.9 Å². The molecule has 0 saturated heterocycles. The number of nitrogens with zero attached hydrogens (tertiary/aromatic N) is 2. The number of rotatable bonds is 4. The predicted octanol–water partition coefficient (Wildman–Crippen LogP) is 1.89. The van der Waals surface area contributed by atoms with Gasteiger partial charge in [-0.1, -0.05) is 0 Å². The first-order valence-electron chi connectivity index (χ1n) is 6.41. The Hall–Kier alpha value is -3.16. The quantitative estimate of drug-likeness (QED) is 0.345. The van der Waals surface area contributed by atoms with E-state index >= 15 is 0 Å². The number of nitrogens with one attached hydrogen (secondary N) is 2. The Morgan fingerprint density at radius 1 is 1.36 bits per heavy atom. The fraction of sp³-hybridized carbons (Fsp3) is 0.143. The maximum absolute atomic E-state index is 11.9. The van der Waals surface area contributed by atoms with Gasteiger partial charge >= 0.3 is 0 Å². The Morgan fingerprint density at radius 2 is 2.09 bits per heavy atom. The number of amides is 1. The van der Waals surface area contributed by atoms with Crippen LogP contribution in [-0.2, 0) is 0 Å². The lowest BCUT2D eigenvalue weighted by Gasteiger charge is -2.01. The second-order valence-corrected chi connectivity index (χ2v) is 4.80. The Kier molecular flexibility index (Phi) is 4.21. The molecule has 0 saturated carbocycles. The second-order valence-electron chi connectivity index (χ2n) is 4.80. The van der Waals surface area contributed by atoms with E-state index in [4.69, 9.17) is 5.73 Å². The Balaban J connectivity index is 2.12. The minimum absolute atomic E-state index is 0.0748. The molecular formula is C14H15N5O3.